The number of esters is 1. The molecule has 0 aromatic heterocycles. The maximum atomic E-state index is 11.3. The zero-order valence-corrected chi connectivity index (χ0v) is 16.0. The molecule has 144 valence electrons. The second-order valence-corrected chi connectivity index (χ2v) is 6.29. The predicted molar refractivity (Wildman–Crippen MR) is 106 cm³/mol. The van der Waals surface area contributed by atoms with Crippen molar-refractivity contribution in [1.29, 1.82) is 0 Å². The summed E-state index contributed by atoms with van der Waals surface area (Å²) >= 11 is 0. The monoisotopic (exact) mass is 370 g/mol. The van der Waals surface area contributed by atoms with Gasteiger partial charge in [0.2, 0.25) is 0 Å². The number of hydrogen-bond donors (Lipinski definition) is 0. The molecule has 0 aliphatic rings. The third kappa shape index (κ3) is 7.15. The van der Waals surface area contributed by atoms with E-state index in [0.717, 1.165) is 22.1 Å². The molecule has 0 bridgehead atoms. The normalized spacial score (nSPS) is 10.4. The average molecular weight is 370 g/mol. The summed E-state index contributed by atoms with van der Waals surface area (Å²) in [6, 6.07) is 11.7. The second kappa shape index (κ2) is 10.4. The first kappa shape index (κ1) is 20.5. The van der Waals surface area contributed by atoms with Crippen LogP contribution in [0.4, 0.5) is 0 Å². The van der Waals surface area contributed by atoms with E-state index in [-0.39, 0.29) is 13.2 Å². The van der Waals surface area contributed by atoms with Crippen LogP contribution >= 0.6 is 0 Å². The Bertz CT molecular complexity index is 809. The van der Waals surface area contributed by atoms with Crippen LogP contribution in [0.3, 0.4) is 0 Å². The summed E-state index contributed by atoms with van der Waals surface area (Å²) in [5, 5.41) is 2.09. The largest absolute Gasteiger partial charge is 0.491 e. The van der Waals surface area contributed by atoms with Gasteiger partial charge < -0.3 is 18.9 Å². The molecule has 0 saturated carbocycles. The first-order valence-electron chi connectivity index (χ1n) is 8.80. The molecule has 0 unspecified atom stereocenters. The van der Waals surface area contributed by atoms with Crippen LogP contribution in [0.1, 0.15) is 13.8 Å². The molecule has 27 heavy (non-hydrogen) atoms. The van der Waals surface area contributed by atoms with Crippen molar-refractivity contribution < 1.29 is 23.7 Å². The lowest BCUT2D eigenvalue weighted by Gasteiger charge is -2.10. The van der Waals surface area contributed by atoms with Crippen molar-refractivity contribution >= 4 is 16.7 Å². The Hall–Kier alpha value is -2.79. The lowest BCUT2D eigenvalue weighted by Crippen LogP contribution is -2.12. The van der Waals surface area contributed by atoms with Gasteiger partial charge >= 0.3 is 5.97 Å². The van der Waals surface area contributed by atoms with Crippen molar-refractivity contribution in [2.24, 2.45) is 0 Å². The minimum atomic E-state index is -0.411. The van der Waals surface area contributed by atoms with E-state index in [1.54, 1.807) is 6.92 Å². The van der Waals surface area contributed by atoms with Crippen molar-refractivity contribution in [1.82, 2.24) is 0 Å². The fourth-order valence-electron chi connectivity index (χ4n) is 2.26. The second-order valence-electron chi connectivity index (χ2n) is 6.29. The minimum Gasteiger partial charge on any atom is -0.491 e. The third-order valence-electron chi connectivity index (χ3n) is 3.56. The molecule has 0 N–H and O–H groups in total. The van der Waals surface area contributed by atoms with Gasteiger partial charge in [-0.3, -0.25) is 0 Å². The fraction of sp³-hybridized carbons (Fsp3) is 0.318. The van der Waals surface area contributed by atoms with Crippen molar-refractivity contribution in [2.45, 2.75) is 13.8 Å². The quantitative estimate of drug-likeness (QED) is 0.255. The summed E-state index contributed by atoms with van der Waals surface area (Å²) in [5.41, 5.74) is 1.36. The third-order valence-corrected chi connectivity index (χ3v) is 3.56. The molecule has 0 saturated heterocycles. The molecule has 0 heterocycles. The van der Waals surface area contributed by atoms with Crippen LogP contribution in [0, 0.1) is 0 Å². The molecular formula is C22H26O5. The van der Waals surface area contributed by atoms with E-state index in [0.29, 0.717) is 31.1 Å². The molecule has 2 aromatic carbocycles. The summed E-state index contributed by atoms with van der Waals surface area (Å²) in [4.78, 5) is 11.3. The van der Waals surface area contributed by atoms with Gasteiger partial charge in [0.25, 0.3) is 0 Å². The van der Waals surface area contributed by atoms with Gasteiger partial charge in [0, 0.05) is 5.57 Å². The molecule has 0 fully saturated rings. The van der Waals surface area contributed by atoms with Crippen LogP contribution in [0.2, 0.25) is 0 Å². The zero-order valence-electron chi connectivity index (χ0n) is 16.0. The van der Waals surface area contributed by atoms with Gasteiger partial charge in [-0.05, 0) is 48.9 Å². The zero-order chi connectivity index (χ0) is 19.6. The highest BCUT2D eigenvalue weighted by atomic mass is 16.6. The first-order valence-corrected chi connectivity index (χ1v) is 8.80. The number of hydrogen-bond acceptors (Lipinski definition) is 5. The van der Waals surface area contributed by atoms with Crippen LogP contribution < -0.4 is 9.47 Å². The maximum Gasteiger partial charge on any atom is 0.333 e. The maximum absolute atomic E-state index is 11.3. The summed E-state index contributed by atoms with van der Waals surface area (Å²) < 4.78 is 21.8. The highest BCUT2D eigenvalue weighted by Crippen LogP contribution is 2.25. The van der Waals surface area contributed by atoms with Gasteiger partial charge in [0.05, 0.1) is 13.2 Å². The van der Waals surface area contributed by atoms with Gasteiger partial charge in [-0.1, -0.05) is 30.9 Å². The van der Waals surface area contributed by atoms with Crippen LogP contribution in [0.15, 0.2) is 60.7 Å². The van der Waals surface area contributed by atoms with E-state index < -0.39 is 5.97 Å². The number of ether oxygens (including phenoxy) is 4. The van der Waals surface area contributed by atoms with E-state index in [4.69, 9.17) is 18.9 Å². The smallest absolute Gasteiger partial charge is 0.333 e. The molecular weight excluding hydrogens is 344 g/mol. The average Bonchev–Trinajstić information content (AvgIpc) is 2.64. The van der Waals surface area contributed by atoms with E-state index >= 15 is 0 Å². The SMILES string of the molecule is C=C(C)COCCOc1ccc2ccc(OCCOC(=O)C(=C)C)cc2c1. The lowest BCUT2D eigenvalue weighted by atomic mass is 10.1. The summed E-state index contributed by atoms with van der Waals surface area (Å²) in [5.74, 6) is 1.07. The molecule has 2 aromatic rings. The van der Waals surface area contributed by atoms with E-state index in [9.17, 15) is 4.79 Å². The Morgan fingerprint density at radius 1 is 0.852 bits per heavy atom. The van der Waals surface area contributed by atoms with E-state index in [2.05, 4.69) is 13.2 Å². The Kier molecular flexibility index (Phi) is 7.89. The molecule has 0 aliphatic carbocycles. The van der Waals surface area contributed by atoms with Gasteiger partial charge in [-0.15, -0.1) is 0 Å². The number of benzene rings is 2. The predicted octanol–water partition coefficient (Wildman–Crippen LogP) is 4.31. The highest BCUT2D eigenvalue weighted by molar-refractivity contribution is 5.87. The number of fused-ring (bicyclic) bond motifs is 1. The molecule has 0 amide bonds. The summed E-state index contributed by atoms with van der Waals surface area (Å²) in [6.07, 6.45) is 0. The molecule has 0 radical (unpaired) electrons. The molecule has 0 aliphatic heterocycles. The fourth-order valence-corrected chi connectivity index (χ4v) is 2.26. The standard InChI is InChI=1S/C22H26O5/c1-16(2)15-24-9-10-25-20-7-5-18-6-8-21(14-19(18)13-20)26-11-12-27-22(23)17(3)4/h5-8,13-14H,1,3,9-12,15H2,2,4H3. The molecule has 0 atom stereocenters. The van der Waals surface area contributed by atoms with E-state index in [1.165, 1.54) is 0 Å². The van der Waals surface area contributed by atoms with Crippen molar-refractivity contribution in [3.05, 3.63) is 60.7 Å². The van der Waals surface area contributed by atoms with Gasteiger partial charge in [-0.2, -0.15) is 0 Å². The first-order chi connectivity index (χ1) is 13.0. The van der Waals surface area contributed by atoms with Crippen LogP contribution in [-0.4, -0.2) is 39.0 Å². The van der Waals surface area contributed by atoms with Crippen LogP contribution in [-0.2, 0) is 14.3 Å². The van der Waals surface area contributed by atoms with Crippen LogP contribution in [0.25, 0.3) is 10.8 Å². The van der Waals surface area contributed by atoms with Crippen molar-refractivity contribution in [3.63, 3.8) is 0 Å². The van der Waals surface area contributed by atoms with Crippen molar-refractivity contribution in [2.75, 3.05) is 33.0 Å². The lowest BCUT2D eigenvalue weighted by molar-refractivity contribution is -0.139. The Morgan fingerprint density at radius 2 is 1.44 bits per heavy atom. The molecule has 5 nitrogen and oxygen atoms in total. The van der Waals surface area contributed by atoms with Gasteiger partial charge in [0.15, 0.2) is 0 Å². The summed E-state index contributed by atoms with van der Waals surface area (Å²) in [6.45, 7) is 12.8. The Morgan fingerprint density at radius 3 is 2.00 bits per heavy atom. The number of carbonyl (C=O) groups excluding carboxylic acids is 1. The van der Waals surface area contributed by atoms with E-state index in [1.807, 2.05) is 43.3 Å². The Balaban J connectivity index is 1.86. The number of carbonyl (C=O) groups is 1. The molecule has 2 rings (SSSR count). The highest BCUT2D eigenvalue weighted by Gasteiger charge is 2.04. The van der Waals surface area contributed by atoms with Crippen LogP contribution in [0.5, 0.6) is 11.5 Å². The Labute approximate surface area is 160 Å². The van der Waals surface area contributed by atoms with Crippen molar-refractivity contribution in [3.8, 4) is 11.5 Å². The van der Waals surface area contributed by atoms with Gasteiger partial charge in [-0.25, -0.2) is 4.79 Å². The molecule has 0 spiro atoms. The van der Waals surface area contributed by atoms with Gasteiger partial charge in [0.1, 0.15) is 31.3 Å². The summed E-state index contributed by atoms with van der Waals surface area (Å²) in [7, 11) is 0. The topological polar surface area (TPSA) is 54.0 Å². The number of rotatable bonds is 11. The minimum absolute atomic E-state index is 0.178. The molecule has 5 heteroatoms.